The number of nitrogens with one attached hydrogen (secondary N) is 2. The lowest BCUT2D eigenvalue weighted by molar-refractivity contribution is -0.128. The second kappa shape index (κ2) is 8.21. The molecule has 0 aromatic heterocycles. The molecule has 126 valence electrons. The minimum Gasteiger partial charge on any atom is -0.496 e. The molecule has 0 aliphatic heterocycles. The van der Waals surface area contributed by atoms with Crippen molar-refractivity contribution < 1.29 is 19.1 Å². The van der Waals surface area contributed by atoms with Crippen LogP contribution in [0.4, 0.5) is 0 Å². The lowest BCUT2D eigenvalue weighted by atomic mass is 10.2. The summed E-state index contributed by atoms with van der Waals surface area (Å²) < 4.78 is 10.6. The Morgan fingerprint density at radius 1 is 1.04 bits per heavy atom. The number of amides is 2. The third-order valence-corrected chi connectivity index (χ3v) is 3.40. The Hall–Kier alpha value is -2.73. The molecule has 0 saturated heterocycles. The van der Waals surface area contributed by atoms with Gasteiger partial charge in [-0.05, 0) is 43.3 Å². The first-order valence-corrected chi connectivity index (χ1v) is 7.54. The Kier molecular flexibility index (Phi) is 6.03. The summed E-state index contributed by atoms with van der Waals surface area (Å²) >= 11 is 5.79. The number of para-hydroxylation sites is 1. The van der Waals surface area contributed by atoms with Crippen LogP contribution in [0.15, 0.2) is 48.5 Å². The van der Waals surface area contributed by atoms with E-state index in [1.54, 1.807) is 55.5 Å². The Morgan fingerprint density at radius 2 is 1.71 bits per heavy atom. The normalized spacial score (nSPS) is 11.3. The van der Waals surface area contributed by atoms with Gasteiger partial charge in [-0.1, -0.05) is 23.7 Å². The minimum absolute atomic E-state index is 0.312. The number of ether oxygens (including phenoxy) is 2. The van der Waals surface area contributed by atoms with Gasteiger partial charge in [-0.2, -0.15) is 0 Å². The first kappa shape index (κ1) is 17.6. The highest BCUT2D eigenvalue weighted by molar-refractivity contribution is 6.30. The second-order valence-electron chi connectivity index (χ2n) is 4.86. The highest BCUT2D eigenvalue weighted by atomic mass is 35.5. The Labute approximate surface area is 144 Å². The Balaban J connectivity index is 1.90. The first-order chi connectivity index (χ1) is 11.5. The van der Waals surface area contributed by atoms with Crippen LogP contribution in [0.2, 0.25) is 5.02 Å². The fraction of sp³-hybridized carbons (Fsp3) is 0.176. The maximum atomic E-state index is 12.1. The van der Waals surface area contributed by atoms with Gasteiger partial charge in [0.1, 0.15) is 11.5 Å². The highest BCUT2D eigenvalue weighted by Crippen LogP contribution is 2.17. The molecule has 2 aromatic carbocycles. The fourth-order valence-electron chi connectivity index (χ4n) is 1.89. The lowest BCUT2D eigenvalue weighted by Gasteiger charge is -2.15. The Morgan fingerprint density at radius 3 is 2.38 bits per heavy atom. The molecular formula is C17H17ClN2O4. The number of carbonyl (C=O) groups excluding carboxylic acids is 2. The van der Waals surface area contributed by atoms with Crippen LogP contribution in [0.1, 0.15) is 17.3 Å². The summed E-state index contributed by atoms with van der Waals surface area (Å²) in [6.07, 6.45) is -0.802. The van der Waals surface area contributed by atoms with Crippen molar-refractivity contribution in [1.29, 1.82) is 0 Å². The summed E-state index contributed by atoms with van der Waals surface area (Å²) in [5.41, 5.74) is 4.96. The molecule has 0 fully saturated rings. The summed E-state index contributed by atoms with van der Waals surface area (Å²) in [5, 5.41) is 0.573. The van der Waals surface area contributed by atoms with E-state index in [-0.39, 0.29) is 0 Å². The van der Waals surface area contributed by atoms with E-state index in [1.165, 1.54) is 7.11 Å². The van der Waals surface area contributed by atoms with E-state index in [1.807, 2.05) is 0 Å². The van der Waals surface area contributed by atoms with Gasteiger partial charge < -0.3 is 9.47 Å². The molecule has 0 saturated carbocycles. The SMILES string of the molecule is COc1ccccc1C(=O)NNC(=O)C(C)Oc1ccc(Cl)cc1. The van der Waals surface area contributed by atoms with Gasteiger partial charge in [-0.15, -0.1) is 0 Å². The van der Waals surface area contributed by atoms with Gasteiger partial charge >= 0.3 is 0 Å². The predicted molar refractivity (Wildman–Crippen MR) is 90.1 cm³/mol. The van der Waals surface area contributed by atoms with E-state index in [9.17, 15) is 9.59 Å². The van der Waals surface area contributed by atoms with E-state index in [0.717, 1.165) is 0 Å². The highest BCUT2D eigenvalue weighted by Gasteiger charge is 2.17. The van der Waals surface area contributed by atoms with Crippen LogP contribution >= 0.6 is 11.6 Å². The van der Waals surface area contributed by atoms with Crippen molar-refractivity contribution in [1.82, 2.24) is 10.9 Å². The lowest BCUT2D eigenvalue weighted by Crippen LogP contribution is -2.47. The summed E-state index contributed by atoms with van der Waals surface area (Å²) in [4.78, 5) is 24.1. The number of hydrogen-bond acceptors (Lipinski definition) is 4. The molecule has 0 aliphatic carbocycles. The molecule has 0 bridgehead atoms. The molecule has 2 amide bonds. The van der Waals surface area contributed by atoms with E-state index in [4.69, 9.17) is 21.1 Å². The minimum atomic E-state index is -0.802. The molecule has 0 aliphatic rings. The van der Waals surface area contributed by atoms with Gasteiger partial charge in [-0.3, -0.25) is 20.4 Å². The molecule has 24 heavy (non-hydrogen) atoms. The molecule has 1 atom stereocenters. The number of methoxy groups -OCH3 is 1. The van der Waals surface area contributed by atoms with Crippen LogP contribution in [-0.4, -0.2) is 25.0 Å². The number of benzene rings is 2. The quantitative estimate of drug-likeness (QED) is 0.814. The van der Waals surface area contributed by atoms with Crippen LogP contribution in [-0.2, 0) is 4.79 Å². The van der Waals surface area contributed by atoms with Crippen molar-refractivity contribution in [2.45, 2.75) is 13.0 Å². The zero-order valence-corrected chi connectivity index (χ0v) is 14.0. The zero-order chi connectivity index (χ0) is 17.5. The van der Waals surface area contributed by atoms with Gasteiger partial charge in [0.15, 0.2) is 6.10 Å². The third-order valence-electron chi connectivity index (χ3n) is 3.15. The van der Waals surface area contributed by atoms with E-state index in [2.05, 4.69) is 10.9 Å². The van der Waals surface area contributed by atoms with E-state index in [0.29, 0.717) is 22.1 Å². The van der Waals surface area contributed by atoms with Crippen molar-refractivity contribution in [2.24, 2.45) is 0 Å². The van der Waals surface area contributed by atoms with Gasteiger partial charge in [0.05, 0.1) is 12.7 Å². The Bertz CT molecular complexity index is 719. The maximum Gasteiger partial charge on any atom is 0.279 e. The van der Waals surface area contributed by atoms with Crippen molar-refractivity contribution in [3.8, 4) is 11.5 Å². The zero-order valence-electron chi connectivity index (χ0n) is 13.2. The molecule has 7 heteroatoms. The number of halogens is 1. The molecule has 6 nitrogen and oxygen atoms in total. The topological polar surface area (TPSA) is 76.7 Å². The van der Waals surface area contributed by atoms with Gasteiger partial charge in [0.2, 0.25) is 0 Å². The molecule has 2 aromatic rings. The molecular weight excluding hydrogens is 332 g/mol. The first-order valence-electron chi connectivity index (χ1n) is 7.16. The monoisotopic (exact) mass is 348 g/mol. The molecule has 0 heterocycles. The van der Waals surface area contributed by atoms with Gasteiger partial charge in [-0.25, -0.2) is 0 Å². The summed E-state index contributed by atoms with van der Waals surface area (Å²) in [5.74, 6) is -0.0690. The smallest absolute Gasteiger partial charge is 0.279 e. The number of carbonyl (C=O) groups is 2. The van der Waals surface area contributed by atoms with E-state index < -0.39 is 17.9 Å². The number of hydrogen-bond donors (Lipinski definition) is 2. The number of rotatable bonds is 5. The summed E-state index contributed by atoms with van der Waals surface area (Å²) in [6.45, 7) is 1.57. The van der Waals surface area contributed by atoms with Crippen molar-refractivity contribution in [3.63, 3.8) is 0 Å². The van der Waals surface area contributed by atoms with Crippen LogP contribution in [0, 0.1) is 0 Å². The van der Waals surface area contributed by atoms with Crippen LogP contribution in [0.3, 0.4) is 0 Å². The third kappa shape index (κ3) is 4.63. The summed E-state index contributed by atoms with van der Waals surface area (Å²) in [6, 6.07) is 13.3. The average molecular weight is 349 g/mol. The largest absolute Gasteiger partial charge is 0.496 e. The van der Waals surface area contributed by atoms with Crippen molar-refractivity contribution >= 4 is 23.4 Å². The van der Waals surface area contributed by atoms with Crippen LogP contribution in [0.25, 0.3) is 0 Å². The predicted octanol–water partition coefficient (Wildman–Crippen LogP) is 2.58. The van der Waals surface area contributed by atoms with Crippen LogP contribution < -0.4 is 20.3 Å². The molecule has 2 rings (SSSR count). The molecule has 0 radical (unpaired) electrons. The van der Waals surface area contributed by atoms with Gasteiger partial charge in [0, 0.05) is 5.02 Å². The van der Waals surface area contributed by atoms with Crippen molar-refractivity contribution in [2.75, 3.05) is 7.11 Å². The summed E-state index contributed by atoms with van der Waals surface area (Å²) in [7, 11) is 1.47. The number of hydrazine groups is 1. The second-order valence-corrected chi connectivity index (χ2v) is 5.29. The standard InChI is InChI=1S/C17H17ClN2O4/c1-11(24-13-9-7-12(18)8-10-13)16(21)19-20-17(22)14-5-3-4-6-15(14)23-2/h3-11H,1-2H3,(H,19,21)(H,20,22). The van der Waals surface area contributed by atoms with E-state index >= 15 is 0 Å². The molecule has 1 unspecified atom stereocenters. The molecule has 2 N–H and O–H groups in total. The van der Waals surface area contributed by atoms with Crippen molar-refractivity contribution in [3.05, 3.63) is 59.1 Å². The fourth-order valence-corrected chi connectivity index (χ4v) is 2.02. The average Bonchev–Trinajstić information content (AvgIpc) is 2.61. The molecule has 0 spiro atoms. The van der Waals surface area contributed by atoms with Crippen LogP contribution in [0.5, 0.6) is 11.5 Å². The van der Waals surface area contributed by atoms with Gasteiger partial charge in [0.25, 0.3) is 11.8 Å². The maximum absolute atomic E-state index is 12.1.